The third kappa shape index (κ3) is 3.86. The standard InChI is InChI=1S/C16H17ClFNO2/c1-10(19)14-8-13(18)4-6-16(14)21-9-11-7-12(17)3-5-15(11)20-2/h3-8,10H,9,19H2,1-2H3. The summed E-state index contributed by atoms with van der Waals surface area (Å²) >= 11 is 5.98. The molecule has 0 heterocycles. The molecule has 0 aliphatic heterocycles. The minimum Gasteiger partial charge on any atom is -0.496 e. The van der Waals surface area contributed by atoms with Crippen LogP contribution in [-0.2, 0) is 6.61 Å². The smallest absolute Gasteiger partial charge is 0.125 e. The molecule has 1 unspecified atom stereocenters. The van der Waals surface area contributed by atoms with Gasteiger partial charge in [-0.05, 0) is 43.3 Å². The van der Waals surface area contributed by atoms with Crippen LogP contribution in [0.4, 0.5) is 4.39 Å². The van der Waals surface area contributed by atoms with Crippen molar-refractivity contribution in [2.75, 3.05) is 7.11 Å². The van der Waals surface area contributed by atoms with Crippen molar-refractivity contribution in [3.05, 3.63) is 58.4 Å². The van der Waals surface area contributed by atoms with Gasteiger partial charge in [-0.2, -0.15) is 0 Å². The molecule has 2 aromatic carbocycles. The molecule has 0 saturated heterocycles. The van der Waals surface area contributed by atoms with Crippen LogP contribution in [0.2, 0.25) is 5.02 Å². The number of ether oxygens (including phenoxy) is 2. The third-order valence-electron chi connectivity index (χ3n) is 3.09. The average Bonchev–Trinajstić information content (AvgIpc) is 2.46. The SMILES string of the molecule is COc1ccc(Cl)cc1COc1ccc(F)cc1C(C)N. The van der Waals surface area contributed by atoms with Gasteiger partial charge in [-0.25, -0.2) is 4.39 Å². The van der Waals surface area contributed by atoms with E-state index in [0.29, 0.717) is 22.1 Å². The highest BCUT2D eigenvalue weighted by atomic mass is 35.5. The third-order valence-corrected chi connectivity index (χ3v) is 3.32. The minimum atomic E-state index is -0.338. The maximum atomic E-state index is 13.3. The molecule has 0 spiro atoms. The molecular weight excluding hydrogens is 293 g/mol. The first-order valence-corrected chi connectivity index (χ1v) is 6.89. The summed E-state index contributed by atoms with van der Waals surface area (Å²) in [5, 5.41) is 0.598. The van der Waals surface area contributed by atoms with Crippen molar-refractivity contribution < 1.29 is 13.9 Å². The van der Waals surface area contributed by atoms with Gasteiger partial charge in [-0.3, -0.25) is 0 Å². The van der Waals surface area contributed by atoms with E-state index in [0.717, 1.165) is 5.56 Å². The largest absolute Gasteiger partial charge is 0.496 e. The van der Waals surface area contributed by atoms with Crippen LogP contribution in [0.15, 0.2) is 36.4 Å². The van der Waals surface area contributed by atoms with Gasteiger partial charge in [-0.15, -0.1) is 0 Å². The van der Waals surface area contributed by atoms with Crippen molar-refractivity contribution in [2.45, 2.75) is 19.6 Å². The summed E-state index contributed by atoms with van der Waals surface area (Å²) in [5.74, 6) is 0.896. The molecule has 0 amide bonds. The van der Waals surface area contributed by atoms with E-state index in [2.05, 4.69) is 0 Å². The number of benzene rings is 2. The summed E-state index contributed by atoms with van der Waals surface area (Å²) in [4.78, 5) is 0. The van der Waals surface area contributed by atoms with Crippen molar-refractivity contribution in [1.82, 2.24) is 0 Å². The Morgan fingerprint density at radius 1 is 1.19 bits per heavy atom. The molecule has 0 saturated carbocycles. The number of rotatable bonds is 5. The number of nitrogens with two attached hydrogens (primary N) is 1. The van der Waals surface area contributed by atoms with Gasteiger partial charge in [0, 0.05) is 22.2 Å². The normalized spacial score (nSPS) is 12.0. The quantitative estimate of drug-likeness (QED) is 0.905. The van der Waals surface area contributed by atoms with Crippen molar-refractivity contribution in [2.24, 2.45) is 5.73 Å². The summed E-state index contributed by atoms with van der Waals surface area (Å²) in [6, 6.07) is 9.27. The van der Waals surface area contributed by atoms with Gasteiger partial charge >= 0.3 is 0 Å². The zero-order valence-electron chi connectivity index (χ0n) is 11.9. The van der Waals surface area contributed by atoms with E-state index in [1.165, 1.54) is 12.1 Å². The van der Waals surface area contributed by atoms with Crippen LogP contribution >= 0.6 is 11.6 Å². The molecule has 21 heavy (non-hydrogen) atoms. The second-order valence-corrected chi connectivity index (χ2v) is 5.15. The molecule has 0 aromatic heterocycles. The Morgan fingerprint density at radius 2 is 1.90 bits per heavy atom. The molecule has 2 aromatic rings. The monoisotopic (exact) mass is 309 g/mol. The van der Waals surface area contributed by atoms with Gasteiger partial charge in [0.15, 0.2) is 0 Å². The van der Waals surface area contributed by atoms with Crippen LogP contribution in [-0.4, -0.2) is 7.11 Å². The highest BCUT2D eigenvalue weighted by Crippen LogP contribution is 2.28. The van der Waals surface area contributed by atoms with Gasteiger partial charge in [0.2, 0.25) is 0 Å². The van der Waals surface area contributed by atoms with E-state index < -0.39 is 0 Å². The van der Waals surface area contributed by atoms with Crippen LogP contribution in [0, 0.1) is 5.82 Å². The topological polar surface area (TPSA) is 44.5 Å². The van der Waals surface area contributed by atoms with Crippen molar-refractivity contribution in [3.8, 4) is 11.5 Å². The molecular formula is C16H17ClFNO2. The van der Waals surface area contributed by atoms with Gasteiger partial charge in [-0.1, -0.05) is 11.6 Å². The molecule has 1 atom stereocenters. The molecule has 3 nitrogen and oxygen atoms in total. The Morgan fingerprint density at radius 3 is 2.57 bits per heavy atom. The minimum absolute atomic E-state index is 0.259. The Hall–Kier alpha value is -1.78. The molecule has 0 radical (unpaired) electrons. The Balaban J connectivity index is 2.22. The number of halogens is 2. The van der Waals surface area contributed by atoms with Crippen LogP contribution in [0.1, 0.15) is 24.1 Å². The highest BCUT2D eigenvalue weighted by Gasteiger charge is 2.11. The van der Waals surface area contributed by atoms with Gasteiger partial charge in [0.05, 0.1) is 7.11 Å². The summed E-state index contributed by atoms with van der Waals surface area (Å²) < 4.78 is 24.3. The molecule has 2 N–H and O–H groups in total. The lowest BCUT2D eigenvalue weighted by atomic mass is 10.1. The number of hydrogen-bond acceptors (Lipinski definition) is 3. The number of methoxy groups -OCH3 is 1. The lowest BCUT2D eigenvalue weighted by molar-refractivity contribution is 0.292. The predicted octanol–water partition coefficient (Wildman–Crippen LogP) is 4.09. The van der Waals surface area contributed by atoms with Crippen LogP contribution in [0.3, 0.4) is 0 Å². The van der Waals surface area contributed by atoms with E-state index in [1.54, 1.807) is 38.3 Å². The van der Waals surface area contributed by atoms with Crippen LogP contribution in [0.25, 0.3) is 0 Å². The molecule has 2 rings (SSSR count). The molecule has 112 valence electrons. The lowest BCUT2D eigenvalue weighted by Crippen LogP contribution is -2.09. The fraction of sp³-hybridized carbons (Fsp3) is 0.250. The van der Waals surface area contributed by atoms with E-state index in [4.69, 9.17) is 26.8 Å². The summed E-state index contributed by atoms with van der Waals surface area (Å²) in [6.07, 6.45) is 0. The molecule has 0 aliphatic rings. The van der Waals surface area contributed by atoms with Gasteiger partial charge in [0.25, 0.3) is 0 Å². The second-order valence-electron chi connectivity index (χ2n) is 4.72. The van der Waals surface area contributed by atoms with E-state index in [1.807, 2.05) is 0 Å². The van der Waals surface area contributed by atoms with Crippen LogP contribution in [0.5, 0.6) is 11.5 Å². The highest BCUT2D eigenvalue weighted by molar-refractivity contribution is 6.30. The first-order chi connectivity index (χ1) is 10.0. The molecule has 0 fully saturated rings. The zero-order valence-corrected chi connectivity index (χ0v) is 12.7. The first kappa shape index (κ1) is 15.6. The van der Waals surface area contributed by atoms with E-state index in [-0.39, 0.29) is 18.5 Å². The summed E-state index contributed by atoms with van der Waals surface area (Å²) in [7, 11) is 1.58. The van der Waals surface area contributed by atoms with Crippen molar-refractivity contribution in [1.29, 1.82) is 0 Å². The van der Waals surface area contributed by atoms with E-state index in [9.17, 15) is 4.39 Å². The average molecular weight is 310 g/mol. The molecule has 5 heteroatoms. The molecule has 0 aliphatic carbocycles. The second kappa shape index (κ2) is 6.78. The fourth-order valence-corrected chi connectivity index (χ4v) is 2.22. The molecule has 0 bridgehead atoms. The Bertz CT molecular complexity index is 632. The number of hydrogen-bond donors (Lipinski definition) is 1. The van der Waals surface area contributed by atoms with Crippen molar-refractivity contribution >= 4 is 11.6 Å². The zero-order chi connectivity index (χ0) is 15.4. The summed E-state index contributed by atoms with van der Waals surface area (Å²) in [6.45, 7) is 2.04. The maximum Gasteiger partial charge on any atom is 0.125 e. The Labute approximate surface area is 128 Å². The maximum absolute atomic E-state index is 13.3. The Kier molecular flexibility index (Phi) is 5.04. The summed E-state index contributed by atoms with van der Waals surface area (Å²) in [5.41, 5.74) is 7.27. The predicted molar refractivity (Wildman–Crippen MR) is 81.3 cm³/mol. The first-order valence-electron chi connectivity index (χ1n) is 6.51. The van der Waals surface area contributed by atoms with Crippen LogP contribution < -0.4 is 15.2 Å². The van der Waals surface area contributed by atoms with Gasteiger partial charge in [0.1, 0.15) is 23.9 Å². The van der Waals surface area contributed by atoms with E-state index >= 15 is 0 Å². The fourth-order valence-electron chi connectivity index (χ4n) is 2.02. The van der Waals surface area contributed by atoms with Crippen molar-refractivity contribution in [3.63, 3.8) is 0 Å². The van der Waals surface area contributed by atoms with Gasteiger partial charge < -0.3 is 15.2 Å². The lowest BCUT2D eigenvalue weighted by Gasteiger charge is -2.15.